The number of carbonyl (C=O) groups is 1. The van der Waals surface area contributed by atoms with Gasteiger partial charge in [0.15, 0.2) is 0 Å². The number of nitrogens with one attached hydrogen (secondary N) is 2. The summed E-state index contributed by atoms with van der Waals surface area (Å²) in [4.78, 5) is 20.9. The number of aryl methyl sites for hydroxylation is 2. The molecule has 0 saturated carbocycles. The minimum Gasteiger partial charge on any atom is -0.324 e. The van der Waals surface area contributed by atoms with Crippen LogP contribution in [0.25, 0.3) is 0 Å². The van der Waals surface area contributed by atoms with Crippen LogP contribution in [0.4, 0.5) is 17.3 Å². The van der Waals surface area contributed by atoms with E-state index in [2.05, 4.69) is 20.6 Å². The Morgan fingerprint density at radius 2 is 1.73 bits per heavy atom. The highest BCUT2D eigenvalue weighted by Gasteiger charge is 2.11. The smallest absolute Gasteiger partial charge is 0.258 e. The van der Waals surface area contributed by atoms with Crippen molar-refractivity contribution in [3.63, 3.8) is 0 Å². The summed E-state index contributed by atoms with van der Waals surface area (Å²) in [6.07, 6.45) is 2.99. The number of aromatic nitrogens is 2. The van der Waals surface area contributed by atoms with Gasteiger partial charge in [-0.25, -0.2) is 9.97 Å². The quantitative estimate of drug-likeness (QED) is 0.678. The summed E-state index contributed by atoms with van der Waals surface area (Å²) in [5.41, 5.74) is 5.04. The van der Waals surface area contributed by atoms with Gasteiger partial charge in [-0.15, -0.1) is 0 Å². The van der Waals surface area contributed by atoms with Crippen LogP contribution in [0.2, 0.25) is 5.02 Å². The van der Waals surface area contributed by atoms with E-state index in [1.165, 1.54) is 12.4 Å². The molecule has 132 valence electrons. The van der Waals surface area contributed by atoms with Crippen molar-refractivity contribution in [1.29, 1.82) is 0 Å². The summed E-state index contributed by atoms with van der Waals surface area (Å²) in [6, 6.07) is 11.5. The number of halogens is 1. The Balaban J connectivity index is 1.73. The van der Waals surface area contributed by atoms with Gasteiger partial charge in [-0.05, 0) is 55.7 Å². The molecule has 1 heterocycles. The Kier molecular flexibility index (Phi) is 5.19. The van der Waals surface area contributed by atoms with Gasteiger partial charge in [-0.2, -0.15) is 0 Å². The second-order valence-electron chi connectivity index (χ2n) is 6.11. The van der Waals surface area contributed by atoms with Crippen LogP contribution in [0.3, 0.4) is 0 Å². The van der Waals surface area contributed by atoms with Gasteiger partial charge in [0, 0.05) is 28.8 Å². The summed E-state index contributed by atoms with van der Waals surface area (Å²) in [6.45, 7) is 5.89. The van der Waals surface area contributed by atoms with Gasteiger partial charge in [0.2, 0.25) is 5.95 Å². The second-order valence-corrected chi connectivity index (χ2v) is 6.51. The highest BCUT2D eigenvalue weighted by molar-refractivity contribution is 6.31. The SMILES string of the molecule is Cc1ccc(C)c(Nc2ncc(C(=O)Nc3cccc(Cl)c3C)cn2)c1. The molecule has 0 unspecified atom stereocenters. The highest BCUT2D eigenvalue weighted by atomic mass is 35.5. The Bertz CT molecular complexity index is 955. The van der Waals surface area contributed by atoms with Crippen LogP contribution in [0.5, 0.6) is 0 Å². The molecule has 0 aliphatic rings. The normalized spacial score (nSPS) is 10.5. The lowest BCUT2D eigenvalue weighted by Gasteiger charge is -2.11. The van der Waals surface area contributed by atoms with E-state index in [-0.39, 0.29) is 5.91 Å². The van der Waals surface area contributed by atoms with E-state index in [0.717, 1.165) is 22.4 Å². The Morgan fingerprint density at radius 1 is 1.00 bits per heavy atom. The van der Waals surface area contributed by atoms with E-state index in [1.807, 2.05) is 39.0 Å². The molecule has 1 aromatic heterocycles. The van der Waals surface area contributed by atoms with Gasteiger partial charge in [0.05, 0.1) is 5.56 Å². The molecule has 2 N–H and O–H groups in total. The van der Waals surface area contributed by atoms with E-state index in [4.69, 9.17) is 11.6 Å². The molecule has 3 aromatic rings. The summed E-state index contributed by atoms with van der Waals surface area (Å²) < 4.78 is 0. The topological polar surface area (TPSA) is 66.9 Å². The standard InChI is InChI=1S/C20H19ClN4O/c1-12-7-8-13(2)18(9-12)25-20-22-10-15(11-23-20)19(26)24-17-6-4-5-16(21)14(17)3/h4-11H,1-3H3,(H,24,26)(H,22,23,25). The minimum atomic E-state index is -0.284. The molecule has 0 radical (unpaired) electrons. The molecule has 0 aliphatic carbocycles. The van der Waals surface area contributed by atoms with E-state index in [0.29, 0.717) is 22.2 Å². The summed E-state index contributed by atoms with van der Waals surface area (Å²) in [5.74, 6) is 0.155. The number of hydrogen-bond donors (Lipinski definition) is 2. The van der Waals surface area contributed by atoms with Crippen LogP contribution in [-0.2, 0) is 0 Å². The number of carbonyl (C=O) groups excluding carboxylic acids is 1. The van der Waals surface area contributed by atoms with Gasteiger partial charge >= 0.3 is 0 Å². The summed E-state index contributed by atoms with van der Waals surface area (Å²) in [7, 11) is 0. The first-order valence-electron chi connectivity index (χ1n) is 8.17. The van der Waals surface area contributed by atoms with Gasteiger partial charge in [0.25, 0.3) is 5.91 Å². The Labute approximate surface area is 157 Å². The maximum Gasteiger partial charge on any atom is 0.258 e. The van der Waals surface area contributed by atoms with E-state index >= 15 is 0 Å². The largest absolute Gasteiger partial charge is 0.324 e. The Hall–Kier alpha value is -2.92. The molecule has 0 spiro atoms. The van der Waals surface area contributed by atoms with E-state index in [1.54, 1.807) is 18.2 Å². The van der Waals surface area contributed by atoms with Crippen molar-refractivity contribution in [3.05, 3.63) is 76.1 Å². The van der Waals surface area contributed by atoms with Crippen molar-refractivity contribution in [1.82, 2.24) is 9.97 Å². The molecule has 26 heavy (non-hydrogen) atoms. The molecule has 1 amide bonds. The highest BCUT2D eigenvalue weighted by Crippen LogP contribution is 2.23. The van der Waals surface area contributed by atoms with Crippen LogP contribution < -0.4 is 10.6 Å². The summed E-state index contributed by atoms with van der Waals surface area (Å²) in [5, 5.41) is 6.61. The fourth-order valence-electron chi connectivity index (χ4n) is 2.44. The maximum absolute atomic E-state index is 12.4. The maximum atomic E-state index is 12.4. The molecule has 0 fully saturated rings. The average molecular weight is 367 g/mol. The third-order valence-corrected chi connectivity index (χ3v) is 4.48. The van der Waals surface area contributed by atoms with Crippen LogP contribution in [0.1, 0.15) is 27.0 Å². The lowest BCUT2D eigenvalue weighted by atomic mass is 10.1. The number of hydrogen-bond acceptors (Lipinski definition) is 4. The van der Waals surface area contributed by atoms with Crippen LogP contribution in [0, 0.1) is 20.8 Å². The molecule has 0 bridgehead atoms. The first kappa shape index (κ1) is 17.9. The van der Waals surface area contributed by atoms with Crippen molar-refractivity contribution in [2.75, 3.05) is 10.6 Å². The number of amides is 1. The number of anilines is 3. The molecule has 5 nitrogen and oxygen atoms in total. The lowest BCUT2D eigenvalue weighted by Crippen LogP contribution is -2.14. The lowest BCUT2D eigenvalue weighted by molar-refractivity contribution is 0.102. The van der Waals surface area contributed by atoms with Gasteiger partial charge in [0.1, 0.15) is 0 Å². The third-order valence-electron chi connectivity index (χ3n) is 4.07. The number of benzene rings is 2. The number of rotatable bonds is 4. The third kappa shape index (κ3) is 4.00. The molecular formula is C20H19ClN4O. The van der Waals surface area contributed by atoms with Crippen molar-refractivity contribution in [3.8, 4) is 0 Å². The van der Waals surface area contributed by atoms with E-state index < -0.39 is 0 Å². The summed E-state index contributed by atoms with van der Waals surface area (Å²) >= 11 is 6.08. The fourth-order valence-corrected chi connectivity index (χ4v) is 2.61. The molecule has 0 saturated heterocycles. The molecule has 6 heteroatoms. The zero-order valence-corrected chi connectivity index (χ0v) is 15.6. The van der Waals surface area contributed by atoms with Gasteiger partial charge in [-0.1, -0.05) is 29.8 Å². The van der Waals surface area contributed by atoms with Crippen molar-refractivity contribution < 1.29 is 4.79 Å². The number of nitrogens with zero attached hydrogens (tertiary/aromatic N) is 2. The molecular weight excluding hydrogens is 348 g/mol. The minimum absolute atomic E-state index is 0.284. The van der Waals surface area contributed by atoms with Crippen LogP contribution in [-0.4, -0.2) is 15.9 Å². The predicted molar refractivity (Wildman–Crippen MR) is 105 cm³/mol. The van der Waals surface area contributed by atoms with E-state index in [9.17, 15) is 4.79 Å². The van der Waals surface area contributed by atoms with Crippen molar-refractivity contribution in [2.24, 2.45) is 0 Å². The fraction of sp³-hybridized carbons (Fsp3) is 0.150. The first-order valence-corrected chi connectivity index (χ1v) is 8.54. The van der Waals surface area contributed by atoms with Gasteiger partial charge in [-0.3, -0.25) is 4.79 Å². The van der Waals surface area contributed by atoms with Crippen molar-refractivity contribution in [2.45, 2.75) is 20.8 Å². The molecule has 3 rings (SSSR count). The monoisotopic (exact) mass is 366 g/mol. The van der Waals surface area contributed by atoms with Gasteiger partial charge < -0.3 is 10.6 Å². The predicted octanol–water partition coefficient (Wildman–Crippen LogP) is 5.05. The van der Waals surface area contributed by atoms with Crippen LogP contribution in [0.15, 0.2) is 48.8 Å². The zero-order valence-electron chi connectivity index (χ0n) is 14.8. The van der Waals surface area contributed by atoms with Crippen molar-refractivity contribution >= 4 is 34.8 Å². The second kappa shape index (κ2) is 7.54. The van der Waals surface area contributed by atoms with Crippen LogP contribution >= 0.6 is 11.6 Å². The molecule has 0 atom stereocenters. The molecule has 2 aromatic carbocycles. The Morgan fingerprint density at radius 3 is 2.46 bits per heavy atom. The zero-order chi connectivity index (χ0) is 18.7. The first-order chi connectivity index (χ1) is 12.4. The molecule has 0 aliphatic heterocycles. The average Bonchev–Trinajstić information content (AvgIpc) is 2.62.